The zero-order valence-corrected chi connectivity index (χ0v) is 21.6. The maximum atomic E-state index is 13.4. The first-order valence-corrected chi connectivity index (χ1v) is 13.9. The van der Waals surface area contributed by atoms with Crippen LogP contribution in [0.3, 0.4) is 0 Å². The largest absolute Gasteiger partial charge is 0.459 e. The van der Waals surface area contributed by atoms with Gasteiger partial charge in [0, 0.05) is 15.1 Å². The summed E-state index contributed by atoms with van der Waals surface area (Å²) in [6.07, 6.45) is 5.59. The number of fused-ring (bicyclic) bond motifs is 2. The number of anilines is 1. The minimum atomic E-state index is -0.331. The number of amides is 1. The molecule has 0 bridgehead atoms. The van der Waals surface area contributed by atoms with Gasteiger partial charge in [-0.15, -0.1) is 22.7 Å². The smallest absolute Gasteiger partial charge is 0.341 e. The Morgan fingerprint density at radius 3 is 2.56 bits per heavy atom. The van der Waals surface area contributed by atoms with E-state index in [1.807, 2.05) is 25.3 Å². The molecular formula is C28H31NO3S2. The van der Waals surface area contributed by atoms with Gasteiger partial charge in [-0.25, -0.2) is 4.79 Å². The number of hydrogen-bond donors (Lipinski definition) is 1. The number of thiophene rings is 2. The minimum Gasteiger partial charge on any atom is -0.459 e. The third-order valence-electron chi connectivity index (χ3n) is 6.96. The highest BCUT2D eigenvalue weighted by Gasteiger charge is 2.32. The van der Waals surface area contributed by atoms with Crippen LogP contribution in [0.4, 0.5) is 5.00 Å². The Bertz CT molecular complexity index is 1210. The topological polar surface area (TPSA) is 55.4 Å². The zero-order valence-electron chi connectivity index (χ0n) is 20.0. The molecule has 5 rings (SSSR count). The second kappa shape index (κ2) is 9.67. The number of rotatable bonds is 5. The molecule has 0 aliphatic heterocycles. The summed E-state index contributed by atoms with van der Waals surface area (Å²) in [7, 11) is 0. The summed E-state index contributed by atoms with van der Waals surface area (Å²) in [5.74, 6) is 0.655. The Labute approximate surface area is 209 Å². The lowest BCUT2D eigenvalue weighted by Gasteiger charge is -2.23. The van der Waals surface area contributed by atoms with Crippen molar-refractivity contribution >= 4 is 39.6 Å². The van der Waals surface area contributed by atoms with E-state index in [4.69, 9.17) is 4.74 Å². The molecule has 0 spiro atoms. The molecule has 2 aliphatic rings. The van der Waals surface area contributed by atoms with Crippen molar-refractivity contribution in [2.45, 2.75) is 71.3 Å². The van der Waals surface area contributed by atoms with Crippen molar-refractivity contribution in [1.82, 2.24) is 0 Å². The predicted octanol–water partition coefficient (Wildman–Crippen LogP) is 7.02. The van der Waals surface area contributed by atoms with E-state index >= 15 is 0 Å². The summed E-state index contributed by atoms with van der Waals surface area (Å²) in [5, 5.41) is 5.75. The molecular weight excluding hydrogens is 462 g/mol. The average molecular weight is 494 g/mol. The molecule has 1 N–H and O–H groups in total. The second-order valence-corrected chi connectivity index (χ2v) is 11.9. The highest BCUT2D eigenvalue weighted by Crippen LogP contribution is 2.43. The Morgan fingerprint density at radius 1 is 1.03 bits per heavy atom. The molecule has 2 atom stereocenters. The lowest BCUT2D eigenvalue weighted by Crippen LogP contribution is -2.19. The summed E-state index contributed by atoms with van der Waals surface area (Å²) in [6, 6.07) is 10.6. The van der Waals surface area contributed by atoms with Crippen LogP contribution in [0, 0.1) is 5.92 Å². The molecule has 0 radical (unpaired) electrons. The quantitative estimate of drug-likeness (QED) is 0.388. The first-order chi connectivity index (χ1) is 16.4. The molecule has 2 aliphatic carbocycles. The van der Waals surface area contributed by atoms with E-state index in [9.17, 15) is 9.59 Å². The van der Waals surface area contributed by atoms with Crippen LogP contribution >= 0.6 is 22.7 Å². The van der Waals surface area contributed by atoms with Gasteiger partial charge >= 0.3 is 5.97 Å². The fraction of sp³-hybridized carbons (Fsp3) is 0.429. The third kappa shape index (κ3) is 4.58. The van der Waals surface area contributed by atoms with Gasteiger partial charge in [-0.2, -0.15) is 0 Å². The molecule has 0 saturated heterocycles. The first-order valence-electron chi connectivity index (χ1n) is 12.2. The number of nitrogens with one attached hydrogen (secondary N) is 1. The van der Waals surface area contributed by atoms with Crippen molar-refractivity contribution in [3.63, 3.8) is 0 Å². The van der Waals surface area contributed by atoms with Gasteiger partial charge in [0.05, 0.1) is 17.2 Å². The van der Waals surface area contributed by atoms with Crippen LogP contribution in [0.5, 0.6) is 0 Å². The van der Waals surface area contributed by atoms with Crippen LogP contribution in [0.15, 0.2) is 35.7 Å². The molecule has 3 aromatic rings. The van der Waals surface area contributed by atoms with Crippen molar-refractivity contribution in [3.05, 3.63) is 73.3 Å². The summed E-state index contributed by atoms with van der Waals surface area (Å²) in [4.78, 5) is 29.0. The van der Waals surface area contributed by atoms with Gasteiger partial charge in [-0.05, 0) is 80.9 Å². The van der Waals surface area contributed by atoms with Gasteiger partial charge in [0.25, 0.3) is 5.91 Å². The number of esters is 1. The fourth-order valence-electron chi connectivity index (χ4n) is 5.21. The van der Waals surface area contributed by atoms with Crippen molar-refractivity contribution in [1.29, 1.82) is 0 Å². The molecule has 1 aromatic carbocycles. The Balaban J connectivity index is 1.45. The highest BCUT2D eigenvalue weighted by atomic mass is 32.1. The standard InChI is InChI=1S/C28H31NO3S2/c1-16(2)32-28(31)25-21-12-10-19(18-7-5-4-6-8-18)14-24(21)34-27(25)29-26(30)22-15-33-23-13-17(3)9-11-20(22)23/h4-8,15-17,19H,9-14H2,1-3H3,(H,29,30). The third-order valence-corrected chi connectivity index (χ3v) is 9.18. The van der Waals surface area contributed by atoms with Crippen molar-refractivity contribution in [2.24, 2.45) is 5.92 Å². The zero-order chi connectivity index (χ0) is 23.8. The highest BCUT2D eigenvalue weighted by molar-refractivity contribution is 7.17. The van der Waals surface area contributed by atoms with Gasteiger partial charge in [-0.3, -0.25) is 4.79 Å². The van der Waals surface area contributed by atoms with E-state index in [1.165, 1.54) is 20.9 Å². The summed E-state index contributed by atoms with van der Waals surface area (Å²) < 4.78 is 5.61. The van der Waals surface area contributed by atoms with Crippen LogP contribution < -0.4 is 5.32 Å². The number of benzene rings is 1. The molecule has 34 heavy (non-hydrogen) atoms. The second-order valence-electron chi connectivity index (χ2n) is 9.87. The molecule has 0 fully saturated rings. The van der Waals surface area contributed by atoms with Crippen LogP contribution in [0.25, 0.3) is 0 Å². The van der Waals surface area contributed by atoms with E-state index in [0.717, 1.165) is 49.7 Å². The van der Waals surface area contributed by atoms with Crippen LogP contribution in [-0.4, -0.2) is 18.0 Å². The molecule has 6 heteroatoms. The fourth-order valence-corrected chi connectivity index (χ4v) is 7.77. The molecule has 1 amide bonds. The summed E-state index contributed by atoms with van der Waals surface area (Å²) >= 11 is 3.24. The molecule has 2 heterocycles. The first kappa shape index (κ1) is 23.3. The Morgan fingerprint density at radius 2 is 1.79 bits per heavy atom. The van der Waals surface area contributed by atoms with Gasteiger partial charge in [-0.1, -0.05) is 37.3 Å². The minimum absolute atomic E-state index is 0.108. The van der Waals surface area contributed by atoms with E-state index < -0.39 is 0 Å². The maximum absolute atomic E-state index is 13.4. The van der Waals surface area contributed by atoms with Crippen LogP contribution in [0.2, 0.25) is 0 Å². The average Bonchev–Trinajstić information content (AvgIpc) is 3.39. The lowest BCUT2D eigenvalue weighted by atomic mass is 9.83. The molecule has 4 nitrogen and oxygen atoms in total. The number of hydrogen-bond acceptors (Lipinski definition) is 5. The van der Waals surface area contributed by atoms with Gasteiger partial charge in [0.15, 0.2) is 0 Å². The molecule has 178 valence electrons. The van der Waals surface area contributed by atoms with Crippen molar-refractivity contribution < 1.29 is 14.3 Å². The van der Waals surface area contributed by atoms with E-state index in [2.05, 4.69) is 36.5 Å². The Kier molecular flexibility index (Phi) is 6.63. The predicted molar refractivity (Wildman–Crippen MR) is 140 cm³/mol. The van der Waals surface area contributed by atoms with Gasteiger partial charge < -0.3 is 10.1 Å². The maximum Gasteiger partial charge on any atom is 0.341 e. The van der Waals surface area contributed by atoms with Crippen molar-refractivity contribution in [2.75, 3.05) is 5.32 Å². The summed E-state index contributed by atoms with van der Waals surface area (Å²) in [5.41, 5.74) is 4.91. The monoisotopic (exact) mass is 493 g/mol. The van der Waals surface area contributed by atoms with Crippen LogP contribution in [-0.2, 0) is 30.4 Å². The van der Waals surface area contributed by atoms with E-state index in [0.29, 0.717) is 22.4 Å². The molecule has 2 unspecified atom stereocenters. The van der Waals surface area contributed by atoms with E-state index in [1.54, 1.807) is 22.7 Å². The Hall–Kier alpha value is -2.44. The molecule has 0 saturated carbocycles. The van der Waals surface area contributed by atoms with Gasteiger partial charge in [0.1, 0.15) is 5.00 Å². The number of carbonyl (C=O) groups excluding carboxylic acids is 2. The lowest BCUT2D eigenvalue weighted by molar-refractivity contribution is 0.0378. The SMILES string of the molecule is CC1CCc2c(C(=O)Nc3sc4c(c3C(=O)OC(C)C)CCC(c3ccccc3)C4)csc2C1. The van der Waals surface area contributed by atoms with Crippen molar-refractivity contribution in [3.8, 4) is 0 Å². The van der Waals surface area contributed by atoms with Crippen LogP contribution in [0.1, 0.15) is 86.7 Å². The van der Waals surface area contributed by atoms with E-state index in [-0.39, 0.29) is 18.0 Å². The number of ether oxygens (including phenoxy) is 1. The normalized spacial score (nSPS) is 19.4. The number of carbonyl (C=O) groups is 2. The van der Waals surface area contributed by atoms with Gasteiger partial charge in [0.2, 0.25) is 0 Å². The molecule has 2 aromatic heterocycles. The summed E-state index contributed by atoms with van der Waals surface area (Å²) in [6.45, 7) is 5.99.